The van der Waals surface area contributed by atoms with Gasteiger partial charge < -0.3 is 14.7 Å². The molecule has 2 N–H and O–H groups in total. The van der Waals surface area contributed by atoms with E-state index in [1.54, 1.807) is 14.0 Å². The Morgan fingerprint density at radius 3 is 1.34 bits per heavy atom. The van der Waals surface area contributed by atoms with E-state index in [1.807, 2.05) is 48.5 Å². The van der Waals surface area contributed by atoms with Gasteiger partial charge in [-0.15, -0.1) is 0 Å². The Bertz CT molecular complexity index is 2770. The summed E-state index contributed by atoms with van der Waals surface area (Å²) in [4.78, 5) is 18.2. The molecule has 9 rings (SSSR count). The van der Waals surface area contributed by atoms with Crippen LogP contribution in [0.1, 0.15) is 33.9 Å². The molecule has 0 amide bonds. The van der Waals surface area contributed by atoms with E-state index in [9.17, 15) is 4.39 Å². The smallest absolute Gasteiger partial charge is 0.126 e. The molecule has 0 saturated carbocycles. The number of rotatable bonds is 5. The maximum atomic E-state index is 14.7. The first-order chi connectivity index (χ1) is 25.9. The van der Waals surface area contributed by atoms with E-state index in [4.69, 9.17) is 14.7 Å². The molecule has 7 aromatic rings. The van der Waals surface area contributed by atoms with Crippen LogP contribution in [0.15, 0.2) is 121 Å². The molecule has 3 aromatic heterocycles. The molecule has 0 unspecified atom stereocenters. The van der Waals surface area contributed by atoms with Crippen molar-refractivity contribution in [3.8, 4) is 50.3 Å². The fourth-order valence-corrected chi connectivity index (χ4v) is 7.30. The van der Waals surface area contributed by atoms with Gasteiger partial charge >= 0.3 is 0 Å². The summed E-state index contributed by atoms with van der Waals surface area (Å²) in [6.07, 6.45) is 8.31. The second-order valence-corrected chi connectivity index (χ2v) is 13.4. The zero-order valence-electron chi connectivity index (χ0n) is 29.5. The van der Waals surface area contributed by atoms with Gasteiger partial charge in [-0.25, -0.2) is 14.4 Å². The van der Waals surface area contributed by atoms with Crippen molar-refractivity contribution in [1.29, 1.82) is 0 Å². The maximum Gasteiger partial charge on any atom is 0.126 e. The first-order valence-corrected chi connectivity index (χ1v) is 17.6. The molecule has 4 aromatic carbocycles. The zero-order valence-corrected chi connectivity index (χ0v) is 29.5. The lowest BCUT2D eigenvalue weighted by molar-refractivity contribution is 0.415. The van der Waals surface area contributed by atoms with Crippen LogP contribution in [0, 0.1) is 19.7 Å². The quantitative estimate of drug-likeness (QED) is 0.189. The molecule has 0 radical (unpaired) electrons. The predicted molar refractivity (Wildman–Crippen MR) is 217 cm³/mol. The molecule has 2 aliphatic rings. The van der Waals surface area contributed by atoms with Gasteiger partial charge in [0.05, 0.1) is 29.9 Å². The first kappa shape index (κ1) is 32.1. The molecular formula is C47H35FN4O. The molecular weight excluding hydrogens is 656 g/mol. The van der Waals surface area contributed by atoms with Crippen LogP contribution in [0.3, 0.4) is 0 Å². The van der Waals surface area contributed by atoms with Crippen molar-refractivity contribution in [2.75, 3.05) is 7.11 Å². The number of fused-ring (bicyclic) bond motifs is 8. The molecule has 6 heteroatoms. The number of benzene rings is 4. The summed E-state index contributed by atoms with van der Waals surface area (Å²) in [6, 6.07) is 40.6. The molecule has 256 valence electrons. The number of nitrogens with zero attached hydrogens (tertiary/aromatic N) is 2. The van der Waals surface area contributed by atoms with E-state index >= 15 is 0 Å². The van der Waals surface area contributed by atoms with E-state index < -0.39 is 0 Å². The Balaban J connectivity index is 1.47. The number of H-pyrrole nitrogens is 2. The number of aryl methyl sites for hydroxylation is 2. The number of halogens is 1. The minimum atomic E-state index is -0.247. The molecule has 5 heterocycles. The van der Waals surface area contributed by atoms with Crippen LogP contribution >= 0.6 is 0 Å². The average molecular weight is 691 g/mol. The predicted octanol–water partition coefficient (Wildman–Crippen LogP) is 12.1. The molecule has 0 saturated heterocycles. The lowest BCUT2D eigenvalue weighted by atomic mass is 10.0. The van der Waals surface area contributed by atoms with Gasteiger partial charge in [0.1, 0.15) is 11.6 Å². The third kappa shape index (κ3) is 5.84. The molecule has 0 aliphatic carbocycles. The van der Waals surface area contributed by atoms with Crippen LogP contribution in [-0.2, 0) is 0 Å². The number of aromatic amines is 2. The van der Waals surface area contributed by atoms with Crippen LogP contribution in [-0.4, -0.2) is 27.0 Å². The highest BCUT2D eigenvalue weighted by molar-refractivity contribution is 5.99. The standard InChI is InChI=1S/C47H35FN4O/c1-28-9-11-31(12-10-28)45-38-20-19-36(49-38)44(30-7-5-4-6-8-30)37-23-25-42(51-37)47(33-15-18-35(48)29(2)27-33)43-26-24-41(52-43)46(40-22-21-39(45)50-40)32-13-16-34(53-3)17-14-32/h4-27,50-51H,1-3H3. The monoisotopic (exact) mass is 690 g/mol. The Labute approximate surface area is 306 Å². The Hall–Kier alpha value is -6.79. The van der Waals surface area contributed by atoms with Crippen molar-refractivity contribution >= 4 is 46.4 Å². The number of methoxy groups -OCH3 is 1. The molecule has 5 nitrogen and oxygen atoms in total. The van der Waals surface area contributed by atoms with Crippen molar-refractivity contribution in [3.05, 3.63) is 161 Å². The van der Waals surface area contributed by atoms with Gasteiger partial charge in [-0.2, -0.15) is 0 Å². The minimum absolute atomic E-state index is 0.247. The van der Waals surface area contributed by atoms with Crippen LogP contribution in [0.4, 0.5) is 4.39 Å². The van der Waals surface area contributed by atoms with Gasteiger partial charge in [-0.3, -0.25) is 0 Å². The third-order valence-corrected chi connectivity index (χ3v) is 9.98. The van der Waals surface area contributed by atoms with Gasteiger partial charge in [0, 0.05) is 44.3 Å². The van der Waals surface area contributed by atoms with E-state index in [1.165, 1.54) is 11.6 Å². The highest BCUT2D eigenvalue weighted by atomic mass is 19.1. The van der Waals surface area contributed by atoms with Gasteiger partial charge in [0.2, 0.25) is 0 Å². The largest absolute Gasteiger partial charge is 0.497 e. The zero-order chi connectivity index (χ0) is 36.1. The van der Waals surface area contributed by atoms with E-state index in [-0.39, 0.29) is 5.82 Å². The molecule has 0 fully saturated rings. The summed E-state index contributed by atoms with van der Waals surface area (Å²) >= 11 is 0. The number of hydrogen-bond donors (Lipinski definition) is 2. The van der Waals surface area contributed by atoms with Gasteiger partial charge in [0.15, 0.2) is 0 Å². The average Bonchev–Trinajstić information content (AvgIpc) is 4.02. The van der Waals surface area contributed by atoms with Crippen molar-refractivity contribution in [3.63, 3.8) is 0 Å². The summed E-state index contributed by atoms with van der Waals surface area (Å²) in [7, 11) is 1.67. The van der Waals surface area contributed by atoms with E-state index in [0.717, 1.165) is 95.1 Å². The van der Waals surface area contributed by atoms with Crippen molar-refractivity contribution in [2.24, 2.45) is 0 Å². The Morgan fingerprint density at radius 1 is 0.472 bits per heavy atom. The summed E-state index contributed by atoms with van der Waals surface area (Å²) < 4.78 is 20.2. The van der Waals surface area contributed by atoms with Crippen LogP contribution in [0.5, 0.6) is 5.75 Å². The lowest BCUT2D eigenvalue weighted by Gasteiger charge is -2.08. The third-order valence-electron chi connectivity index (χ3n) is 9.98. The van der Waals surface area contributed by atoms with Crippen LogP contribution in [0.25, 0.3) is 90.9 Å². The van der Waals surface area contributed by atoms with Crippen LogP contribution in [0.2, 0.25) is 0 Å². The van der Waals surface area contributed by atoms with E-state index in [0.29, 0.717) is 5.56 Å². The van der Waals surface area contributed by atoms with E-state index in [2.05, 4.69) is 108 Å². The number of hydrogen-bond acceptors (Lipinski definition) is 3. The van der Waals surface area contributed by atoms with Crippen molar-refractivity contribution in [1.82, 2.24) is 19.9 Å². The Kier molecular flexibility index (Phi) is 7.93. The normalized spacial score (nSPS) is 12.0. The lowest BCUT2D eigenvalue weighted by Crippen LogP contribution is -1.91. The summed E-state index contributed by atoms with van der Waals surface area (Å²) in [5.74, 6) is 0.527. The second kappa shape index (κ2) is 13.1. The minimum Gasteiger partial charge on any atom is -0.497 e. The topological polar surface area (TPSA) is 66.6 Å². The summed E-state index contributed by atoms with van der Waals surface area (Å²) in [5, 5.41) is 0. The fourth-order valence-electron chi connectivity index (χ4n) is 7.30. The maximum absolute atomic E-state index is 14.7. The van der Waals surface area contributed by atoms with Crippen molar-refractivity contribution < 1.29 is 9.13 Å². The van der Waals surface area contributed by atoms with Gasteiger partial charge in [0.25, 0.3) is 0 Å². The number of aromatic nitrogens is 4. The summed E-state index contributed by atoms with van der Waals surface area (Å²) in [6.45, 7) is 3.89. The fraction of sp³-hybridized carbons (Fsp3) is 0.0638. The molecule has 8 bridgehead atoms. The molecule has 53 heavy (non-hydrogen) atoms. The first-order valence-electron chi connectivity index (χ1n) is 17.6. The Morgan fingerprint density at radius 2 is 0.887 bits per heavy atom. The highest BCUT2D eigenvalue weighted by Crippen LogP contribution is 2.39. The van der Waals surface area contributed by atoms with Gasteiger partial charge in [-0.05, 0) is 114 Å². The number of nitrogens with one attached hydrogen (secondary N) is 2. The van der Waals surface area contributed by atoms with Crippen molar-refractivity contribution in [2.45, 2.75) is 13.8 Å². The SMILES string of the molecule is COc1ccc(-c2c3nc(c(-c4ccc(F)c(C)c4)c4ccc([nH]4)c(-c4ccccc4)c4nc(c(-c5ccc(C)cc5)c5ccc2[nH]5)C=C4)C=C3)cc1. The van der Waals surface area contributed by atoms with Crippen LogP contribution < -0.4 is 4.74 Å². The molecule has 2 aliphatic heterocycles. The van der Waals surface area contributed by atoms with Gasteiger partial charge in [-0.1, -0.05) is 78.4 Å². The second-order valence-electron chi connectivity index (χ2n) is 13.4. The molecule has 0 atom stereocenters. The molecule has 0 spiro atoms. The summed E-state index contributed by atoms with van der Waals surface area (Å²) in [5.41, 5.74) is 16.4. The number of ether oxygens (including phenoxy) is 1. The highest BCUT2D eigenvalue weighted by Gasteiger charge is 2.19.